The normalized spacial score (nSPS) is 15.1. The van der Waals surface area contributed by atoms with E-state index in [0.29, 0.717) is 15.9 Å². The Morgan fingerprint density at radius 1 is 1.32 bits per heavy atom. The molecule has 1 aromatic rings. The zero-order valence-corrected chi connectivity index (χ0v) is 15.3. The van der Waals surface area contributed by atoms with Gasteiger partial charge in [0.25, 0.3) is 5.91 Å². The second-order valence-electron chi connectivity index (χ2n) is 5.12. The van der Waals surface area contributed by atoms with Gasteiger partial charge in [0.05, 0.1) is 5.02 Å². The average Bonchev–Trinajstić information content (AvgIpc) is 2.75. The lowest BCUT2D eigenvalue weighted by molar-refractivity contribution is -0.121. The molecule has 1 fully saturated rings. The summed E-state index contributed by atoms with van der Waals surface area (Å²) in [6, 6.07) is 5.24. The summed E-state index contributed by atoms with van der Waals surface area (Å²) in [7, 11) is 0. The molecule has 2 rings (SSSR count). The zero-order valence-electron chi connectivity index (χ0n) is 12.1. The van der Waals surface area contributed by atoms with Gasteiger partial charge in [-0.3, -0.25) is 4.79 Å². The molecule has 120 valence electrons. The summed E-state index contributed by atoms with van der Waals surface area (Å²) in [6.07, 6.45) is 4.67. The number of hydrogen-bond acceptors (Lipinski definition) is 3. The highest BCUT2D eigenvalue weighted by Crippen LogP contribution is 2.27. The first-order valence-corrected chi connectivity index (χ1v) is 8.81. The van der Waals surface area contributed by atoms with Gasteiger partial charge in [0, 0.05) is 17.6 Å². The maximum atomic E-state index is 11.9. The van der Waals surface area contributed by atoms with Crippen LogP contribution in [0.3, 0.4) is 0 Å². The molecule has 7 heteroatoms. The number of ether oxygens (including phenoxy) is 1. The van der Waals surface area contributed by atoms with Gasteiger partial charge in [-0.1, -0.05) is 40.4 Å². The van der Waals surface area contributed by atoms with Gasteiger partial charge in [-0.25, -0.2) is 0 Å². The van der Waals surface area contributed by atoms with Crippen LogP contribution in [0.25, 0.3) is 0 Å². The third kappa shape index (κ3) is 5.41. The second-order valence-corrected chi connectivity index (χ2v) is 6.83. The van der Waals surface area contributed by atoms with Crippen molar-refractivity contribution in [3.8, 4) is 5.75 Å². The fourth-order valence-electron chi connectivity index (χ4n) is 2.24. The van der Waals surface area contributed by atoms with Crippen molar-refractivity contribution < 1.29 is 9.53 Å². The first-order valence-electron chi connectivity index (χ1n) is 7.23. The maximum Gasteiger partial charge on any atom is 0.264 e. The largest absolute Gasteiger partial charge is 0.482 e. The Morgan fingerprint density at radius 3 is 2.64 bits per heavy atom. The smallest absolute Gasteiger partial charge is 0.264 e. The minimum absolute atomic E-state index is 0.116. The van der Waals surface area contributed by atoms with Crippen molar-refractivity contribution in [1.82, 2.24) is 10.2 Å². The third-order valence-corrected chi connectivity index (χ3v) is 4.54. The number of hydrogen-bond donors (Lipinski definition) is 1. The molecule has 0 radical (unpaired) electrons. The van der Waals surface area contributed by atoms with Crippen LogP contribution in [0.4, 0.5) is 0 Å². The standard InChI is InChI=1S/C15H18BrClN2O2S/c16-11-5-6-13(12(17)9-11)21-10-14(20)18-15(22)19-7-3-1-2-4-8-19/h5-6,9H,1-4,7-8,10H2,(H,18,20,22). The van der Waals surface area contributed by atoms with Crippen molar-refractivity contribution >= 4 is 50.8 Å². The number of nitrogens with zero attached hydrogens (tertiary/aromatic N) is 1. The van der Waals surface area contributed by atoms with E-state index < -0.39 is 0 Å². The van der Waals surface area contributed by atoms with E-state index in [9.17, 15) is 4.79 Å². The van der Waals surface area contributed by atoms with E-state index in [4.69, 9.17) is 28.6 Å². The van der Waals surface area contributed by atoms with Crippen LogP contribution in [-0.2, 0) is 4.79 Å². The fourth-order valence-corrected chi connectivity index (χ4v) is 3.27. The predicted molar refractivity (Wildman–Crippen MR) is 95.4 cm³/mol. The van der Waals surface area contributed by atoms with E-state index in [2.05, 4.69) is 21.2 Å². The molecule has 1 saturated heterocycles. The molecule has 1 amide bonds. The Bertz CT molecular complexity index is 548. The summed E-state index contributed by atoms with van der Waals surface area (Å²) in [5.74, 6) is 0.203. The Labute approximate surface area is 149 Å². The summed E-state index contributed by atoms with van der Waals surface area (Å²) >= 11 is 14.6. The zero-order chi connectivity index (χ0) is 15.9. The van der Waals surface area contributed by atoms with Gasteiger partial charge < -0.3 is 15.0 Å². The van der Waals surface area contributed by atoms with E-state index >= 15 is 0 Å². The van der Waals surface area contributed by atoms with Crippen molar-refractivity contribution in [2.45, 2.75) is 25.7 Å². The minimum Gasteiger partial charge on any atom is -0.482 e. The minimum atomic E-state index is -0.270. The van der Waals surface area contributed by atoms with Crippen molar-refractivity contribution in [3.05, 3.63) is 27.7 Å². The summed E-state index contributed by atoms with van der Waals surface area (Å²) in [5.41, 5.74) is 0. The van der Waals surface area contributed by atoms with Crippen LogP contribution in [-0.4, -0.2) is 35.6 Å². The lowest BCUT2D eigenvalue weighted by Gasteiger charge is -2.23. The third-order valence-electron chi connectivity index (χ3n) is 3.39. The van der Waals surface area contributed by atoms with E-state index in [1.54, 1.807) is 18.2 Å². The Hall–Kier alpha value is -0.850. The van der Waals surface area contributed by atoms with Crippen LogP contribution >= 0.6 is 39.7 Å². The highest BCUT2D eigenvalue weighted by atomic mass is 79.9. The van der Waals surface area contributed by atoms with Gasteiger partial charge in [0.1, 0.15) is 5.75 Å². The summed E-state index contributed by atoms with van der Waals surface area (Å²) in [5, 5.41) is 3.66. The van der Waals surface area contributed by atoms with E-state index in [0.717, 1.165) is 30.4 Å². The predicted octanol–water partition coefficient (Wildman–Crippen LogP) is 3.76. The molecule has 0 aliphatic carbocycles. The van der Waals surface area contributed by atoms with Gasteiger partial charge >= 0.3 is 0 Å². The highest BCUT2D eigenvalue weighted by molar-refractivity contribution is 9.10. The monoisotopic (exact) mass is 404 g/mol. The molecule has 0 aromatic heterocycles. The molecule has 1 heterocycles. The molecule has 1 aromatic carbocycles. The molecule has 4 nitrogen and oxygen atoms in total. The molecule has 0 atom stereocenters. The summed E-state index contributed by atoms with van der Waals surface area (Å²) in [4.78, 5) is 14.0. The molecule has 1 N–H and O–H groups in total. The van der Waals surface area contributed by atoms with Crippen molar-refractivity contribution in [2.75, 3.05) is 19.7 Å². The Kier molecular flexibility index (Phi) is 6.92. The molecule has 1 aliphatic rings. The fraction of sp³-hybridized carbons (Fsp3) is 0.467. The number of amides is 1. The SMILES string of the molecule is O=C(COc1ccc(Br)cc1Cl)NC(=S)N1CCCCCC1. The Morgan fingerprint density at radius 2 is 2.00 bits per heavy atom. The number of halogens is 2. The van der Waals surface area contributed by atoms with Gasteiger partial charge in [0.15, 0.2) is 11.7 Å². The number of likely N-dealkylation sites (tertiary alicyclic amines) is 1. The number of benzene rings is 1. The van der Waals surface area contributed by atoms with Crippen LogP contribution in [0.2, 0.25) is 5.02 Å². The van der Waals surface area contributed by atoms with Gasteiger partial charge in [-0.05, 0) is 43.3 Å². The van der Waals surface area contributed by atoms with Crippen LogP contribution in [0, 0.1) is 0 Å². The quantitative estimate of drug-likeness (QED) is 0.778. The lowest BCUT2D eigenvalue weighted by Crippen LogP contribution is -2.44. The number of carbonyl (C=O) groups is 1. The second kappa shape index (κ2) is 8.70. The average molecular weight is 406 g/mol. The molecule has 0 unspecified atom stereocenters. The molecule has 22 heavy (non-hydrogen) atoms. The molecular weight excluding hydrogens is 388 g/mol. The first kappa shape index (κ1) is 17.5. The topological polar surface area (TPSA) is 41.6 Å². The van der Waals surface area contributed by atoms with Crippen LogP contribution in [0.5, 0.6) is 5.75 Å². The lowest BCUT2D eigenvalue weighted by atomic mass is 10.2. The Balaban J connectivity index is 1.80. The van der Waals surface area contributed by atoms with Crippen molar-refractivity contribution in [2.24, 2.45) is 0 Å². The highest BCUT2D eigenvalue weighted by Gasteiger charge is 2.15. The first-order chi connectivity index (χ1) is 10.6. The van der Waals surface area contributed by atoms with Crippen molar-refractivity contribution in [3.63, 3.8) is 0 Å². The van der Waals surface area contributed by atoms with E-state index in [1.807, 2.05) is 4.90 Å². The number of rotatable bonds is 3. The van der Waals surface area contributed by atoms with E-state index in [-0.39, 0.29) is 12.5 Å². The summed E-state index contributed by atoms with van der Waals surface area (Å²) in [6.45, 7) is 1.69. The number of carbonyl (C=O) groups excluding carboxylic acids is 1. The van der Waals surface area contributed by atoms with Gasteiger partial charge in [-0.15, -0.1) is 0 Å². The van der Waals surface area contributed by atoms with Crippen LogP contribution in [0.15, 0.2) is 22.7 Å². The van der Waals surface area contributed by atoms with Crippen LogP contribution in [0.1, 0.15) is 25.7 Å². The van der Waals surface area contributed by atoms with Gasteiger partial charge in [-0.2, -0.15) is 0 Å². The molecule has 0 saturated carbocycles. The van der Waals surface area contributed by atoms with Crippen LogP contribution < -0.4 is 10.1 Å². The van der Waals surface area contributed by atoms with Crippen molar-refractivity contribution in [1.29, 1.82) is 0 Å². The van der Waals surface area contributed by atoms with E-state index in [1.165, 1.54) is 12.8 Å². The summed E-state index contributed by atoms with van der Waals surface area (Å²) < 4.78 is 6.28. The molecule has 0 spiro atoms. The maximum absolute atomic E-state index is 11.9. The van der Waals surface area contributed by atoms with Gasteiger partial charge in [0.2, 0.25) is 0 Å². The number of thiocarbonyl (C=S) groups is 1. The molecule has 1 aliphatic heterocycles. The molecular formula is C15H18BrClN2O2S. The molecule has 0 bridgehead atoms. The number of nitrogens with one attached hydrogen (secondary N) is 1.